The van der Waals surface area contributed by atoms with Gasteiger partial charge in [0.25, 0.3) is 5.91 Å². The molecule has 0 unspecified atom stereocenters. The van der Waals surface area contributed by atoms with E-state index >= 15 is 0 Å². The van der Waals surface area contributed by atoms with Crippen molar-refractivity contribution in [1.82, 2.24) is 10.5 Å². The van der Waals surface area contributed by atoms with Crippen LogP contribution in [0.1, 0.15) is 70.8 Å². The number of amides is 1. The SMILES string of the molecule is Cc1cc2c(o1)CC(C)(C)C[C@H]2NC(=O)c1ccc(OCc2c(C)noc2C)cc1. The zero-order chi connectivity index (χ0) is 21.5. The summed E-state index contributed by atoms with van der Waals surface area (Å²) in [5.41, 5.74) is 3.55. The van der Waals surface area contributed by atoms with Crippen LogP contribution < -0.4 is 10.1 Å². The molecule has 158 valence electrons. The van der Waals surface area contributed by atoms with Crippen LogP contribution in [0.3, 0.4) is 0 Å². The first kappa shape index (κ1) is 20.3. The van der Waals surface area contributed by atoms with E-state index in [1.54, 1.807) is 12.1 Å². The molecule has 0 bridgehead atoms. The molecular weight excluding hydrogens is 380 g/mol. The summed E-state index contributed by atoms with van der Waals surface area (Å²) >= 11 is 0. The van der Waals surface area contributed by atoms with Crippen molar-refractivity contribution in [2.75, 3.05) is 0 Å². The maximum Gasteiger partial charge on any atom is 0.251 e. The molecule has 2 heterocycles. The Hall–Kier alpha value is -3.02. The van der Waals surface area contributed by atoms with Gasteiger partial charge in [-0.2, -0.15) is 0 Å². The molecule has 1 N–H and O–H groups in total. The number of benzene rings is 1. The first-order chi connectivity index (χ1) is 14.2. The van der Waals surface area contributed by atoms with Gasteiger partial charge in [0, 0.05) is 17.5 Å². The van der Waals surface area contributed by atoms with E-state index in [0.29, 0.717) is 17.9 Å². The molecule has 4 rings (SSSR count). The zero-order valence-electron chi connectivity index (χ0n) is 18.2. The Balaban J connectivity index is 1.43. The first-order valence-corrected chi connectivity index (χ1v) is 10.3. The van der Waals surface area contributed by atoms with Gasteiger partial charge in [-0.05, 0) is 62.9 Å². The molecule has 0 spiro atoms. The van der Waals surface area contributed by atoms with Gasteiger partial charge >= 0.3 is 0 Å². The lowest BCUT2D eigenvalue weighted by atomic mass is 9.74. The predicted octanol–water partition coefficient (Wildman–Crippen LogP) is 5.22. The van der Waals surface area contributed by atoms with E-state index < -0.39 is 0 Å². The van der Waals surface area contributed by atoms with Gasteiger partial charge in [-0.3, -0.25) is 4.79 Å². The van der Waals surface area contributed by atoms with Gasteiger partial charge in [0.1, 0.15) is 29.6 Å². The number of nitrogens with zero attached hydrogens (tertiary/aromatic N) is 1. The molecule has 6 nitrogen and oxygen atoms in total. The van der Waals surface area contributed by atoms with E-state index in [4.69, 9.17) is 13.7 Å². The number of hydrogen-bond acceptors (Lipinski definition) is 5. The Labute approximate surface area is 176 Å². The molecule has 0 saturated carbocycles. The molecule has 3 aromatic rings. The summed E-state index contributed by atoms with van der Waals surface area (Å²) in [7, 11) is 0. The second-order valence-electron chi connectivity index (χ2n) is 8.92. The van der Waals surface area contributed by atoms with Crippen LogP contribution in [0.5, 0.6) is 5.75 Å². The Morgan fingerprint density at radius 3 is 2.63 bits per heavy atom. The lowest BCUT2D eigenvalue weighted by Gasteiger charge is -2.34. The lowest BCUT2D eigenvalue weighted by Crippen LogP contribution is -2.36. The van der Waals surface area contributed by atoms with Gasteiger partial charge in [-0.25, -0.2) is 0 Å². The van der Waals surface area contributed by atoms with E-state index in [1.165, 1.54) is 0 Å². The number of fused-ring (bicyclic) bond motifs is 1. The van der Waals surface area contributed by atoms with Crippen LogP contribution >= 0.6 is 0 Å². The maximum absolute atomic E-state index is 12.9. The first-order valence-electron chi connectivity index (χ1n) is 10.3. The number of nitrogens with one attached hydrogen (secondary N) is 1. The highest BCUT2D eigenvalue weighted by Gasteiger charge is 2.35. The number of carbonyl (C=O) groups is 1. The minimum absolute atomic E-state index is 0.0517. The van der Waals surface area contributed by atoms with Crippen molar-refractivity contribution in [3.05, 3.63) is 70.0 Å². The maximum atomic E-state index is 12.9. The van der Waals surface area contributed by atoms with Crippen LogP contribution in [0.15, 0.2) is 39.3 Å². The molecule has 1 aliphatic rings. The summed E-state index contributed by atoms with van der Waals surface area (Å²) in [6, 6.07) is 9.18. The van der Waals surface area contributed by atoms with E-state index in [-0.39, 0.29) is 17.4 Å². The highest BCUT2D eigenvalue weighted by molar-refractivity contribution is 5.94. The van der Waals surface area contributed by atoms with E-state index in [0.717, 1.165) is 46.9 Å². The number of aromatic nitrogens is 1. The van der Waals surface area contributed by atoms with Gasteiger partial charge < -0.3 is 19.0 Å². The summed E-state index contributed by atoms with van der Waals surface area (Å²) in [4.78, 5) is 12.9. The summed E-state index contributed by atoms with van der Waals surface area (Å²) in [5.74, 6) is 3.22. The number of carbonyl (C=O) groups excluding carboxylic acids is 1. The van der Waals surface area contributed by atoms with Crippen LogP contribution in [0.2, 0.25) is 0 Å². The second-order valence-corrected chi connectivity index (χ2v) is 8.92. The Morgan fingerprint density at radius 1 is 1.23 bits per heavy atom. The van der Waals surface area contributed by atoms with Gasteiger partial charge in [0.05, 0.1) is 17.3 Å². The molecule has 0 fully saturated rings. The molecule has 6 heteroatoms. The Bertz CT molecular complexity index is 1040. The van der Waals surface area contributed by atoms with Crippen molar-refractivity contribution >= 4 is 5.91 Å². The molecule has 0 aliphatic heterocycles. The van der Waals surface area contributed by atoms with Crippen LogP contribution in [0.25, 0.3) is 0 Å². The minimum Gasteiger partial charge on any atom is -0.489 e. The molecule has 1 atom stereocenters. The quantitative estimate of drug-likeness (QED) is 0.627. The predicted molar refractivity (Wildman–Crippen MR) is 113 cm³/mol. The summed E-state index contributed by atoms with van der Waals surface area (Å²) < 4.78 is 16.9. The molecule has 1 amide bonds. The average molecular weight is 408 g/mol. The zero-order valence-corrected chi connectivity index (χ0v) is 18.2. The van der Waals surface area contributed by atoms with Crippen LogP contribution in [0.4, 0.5) is 0 Å². The number of ether oxygens (including phenoxy) is 1. The van der Waals surface area contributed by atoms with E-state index in [9.17, 15) is 4.79 Å². The third-order valence-corrected chi connectivity index (χ3v) is 5.72. The molecule has 1 aliphatic carbocycles. The summed E-state index contributed by atoms with van der Waals surface area (Å²) in [6.45, 7) is 10.5. The highest BCUT2D eigenvalue weighted by atomic mass is 16.5. The van der Waals surface area contributed by atoms with E-state index in [2.05, 4.69) is 24.3 Å². The Kier molecular flexibility index (Phi) is 5.18. The van der Waals surface area contributed by atoms with Crippen molar-refractivity contribution < 1.29 is 18.5 Å². The number of aryl methyl sites for hydroxylation is 3. The fourth-order valence-corrected chi connectivity index (χ4v) is 4.12. The molecule has 1 aromatic carbocycles. The standard InChI is InChI=1S/C24H28N2O4/c1-14-10-19-21(11-24(4,5)12-22(19)29-14)25-23(27)17-6-8-18(9-7-17)28-13-20-15(2)26-30-16(20)3/h6-10,21H,11-13H2,1-5H3,(H,25,27)/t21-/m1/s1. The number of hydrogen-bond donors (Lipinski definition) is 1. The van der Waals surface area contributed by atoms with Gasteiger partial charge in [0.2, 0.25) is 0 Å². The average Bonchev–Trinajstić information content (AvgIpc) is 3.20. The van der Waals surface area contributed by atoms with Crippen molar-refractivity contribution in [2.45, 2.75) is 60.1 Å². The van der Waals surface area contributed by atoms with E-state index in [1.807, 2.05) is 39.0 Å². The van der Waals surface area contributed by atoms with Gasteiger partial charge in [0.15, 0.2) is 0 Å². The largest absolute Gasteiger partial charge is 0.489 e. The normalized spacial score (nSPS) is 17.4. The van der Waals surface area contributed by atoms with Crippen LogP contribution in [0, 0.1) is 26.2 Å². The molecule has 0 saturated heterocycles. The fourth-order valence-electron chi connectivity index (χ4n) is 4.12. The molecule has 2 aromatic heterocycles. The van der Waals surface area contributed by atoms with Crippen LogP contribution in [-0.4, -0.2) is 11.1 Å². The fraction of sp³-hybridized carbons (Fsp3) is 0.417. The van der Waals surface area contributed by atoms with Crippen molar-refractivity contribution in [3.63, 3.8) is 0 Å². The topological polar surface area (TPSA) is 77.5 Å². The molecular formula is C24H28N2O4. The third-order valence-electron chi connectivity index (χ3n) is 5.72. The number of rotatable bonds is 5. The summed E-state index contributed by atoms with van der Waals surface area (Å²) in [6.07, 6.45) is 1.77. The van der Waals surface area contributed by atoms with Crippen molar-refractivity contribution in [2.24, 2.45) is 5.41 Å². The summed E-state index contributed by atoms with van der Waals surface area (Å²) in [5, 5.41) is 7.12. The monoisotopic (exact) mass is 408 g/mol. The van der Waals surface area contributed by atoms with Gasteiger partial charge in [-0.1, -0.05) is 19.0 Å². The Morgan fingerprint density at radius 2 is 1.97 bits per heavy atom. The van der Waals surface area contributed by atoms with Gasteiger partial charge in [-0.15, -0.1) is 0 Å². The van der Waals surface area contributed by atoms with Crippen molar-refractivity contribution in [1.29, 1.82) is 0 Å². The number of furan rings is 1. The minimum atomic E-state index is -0.0974. The highest BCUT2D eigenvalue weighted by Crippen LogP contribution is 2.42. The van der Waals surface area contributed by atoms with Crippen molar-refractivity contribution in [3.8, 4) is 5.75 Å². The molecule has 30 heavy (non-hydrogen) atoms. The smallest absolute Gasteiger partial charge is 0.251 e. The second kappa shape index (κ2) is 7.67. The lowest BCUT2D eigenvalue weighted by molar-refractivity contribution is 0.0917. The van der Waals surface area contributed by atoms with Crippen LogP contribution in [-0.2, 0) is 13.0 Å². The third kappa shape index (κ3) is 4.13. The molecule has 0 radical (unpaired) electrons.